The number of aromatic amines is 1. The number of para-hydroxylation sites is 2. The van der Waals surface area contributed by atoms with Crippen LogP contribution in [0.5, 0.6) is 0 Å². The molecule has 28 heavy (non-hydrogen) atoms. The van der Waals surface area contributed by atoms with Crippen molar-refractivity contribution >= 4 is 28.5 Å². The summed E-state index contributed by atoms with van der Waals surface area (Å²) in [5.74, 6) is -1.33. The van der Waals surface area contributed by atoms with E-state index in [9.17, 15) is 19.7 Å². The lowest BCUT2D eigenvalue weighted by Gasteiger charge is -2.16. The number of aryl methyl sites for hydroxylation is 1. The number of nitrogens with one attached hydrogen (secondary N) is 2. The number of benzene rings is 2. The van der Waals surface area contributed by atoms with Gasteiger partial charge in [0.15, 0.2) is 0 Å². The molecule has 0 saturated heterocycles. The number of methoxy groups -OCH3 is 1. The highest BCUT2D eigenvalue weighted by Crippen LogP contribution is 2.24. The average Bonchev–Trinajstić information content (AvgIpc) is 3.09. The van der Waals surface area contributed by atoms with E-state index in [1.807, 2.05) is 24.3 Å². The molecule has 0 aliphatic carbocycles. The first-order valence-electron chi connectivity index (χ1n) is 8.60. The van der Waals surface area contributed by atoms with Crippen LogP contribution in [-0.2, 0) is 16.0 Å². The van der Waals surface area contributed by atoms with Crippen molar-refractivity contribution in [1.82, 2.24) is 10.3 Å². The number of hydrogen-bond donors (Lipinski definition) is 2. The highest BCUT2D eigenvalue weighted by atomic mass is 16.6. The van der Waals surface area contributed by atoms with Crippen LogP contribution in [0.1, 0.15) is 21.5 Å². The third-order valence-electron chi connectivity index (χ3n) is 4.55. The van der Waals surface area contributed by atoms with Crippen LogP contribution in [0.25, 0.3) is 10.9 Å². The van der Waals surface area contributed by atoms with E-state index in [-0.39, 0.29) is 17.7 Å². The van der Waals surface area contributed by atoms with E-state index in [2.05, 4.69) is 10.3 Å². The van der Waals surface area contributed by atoms with Gasteiger partial charge in [-0.3, -0.25) is 14.9 Å². The molecule has 1 heterocycles. The number of esters is 1. The fourth-order valence-electron chi connectivity index (χ4n) is 3.18. The number of fused-ring (bicyclic) bond motifs is 1. The van der Waals surface area contributed by atoms with Crippen molar-refractivity contribution in [3.63, 3.8) is 0 Å². The van der Waals surface area contributed by atoms with Crippen LogP contribution in [0, 0.1) is 17.0 Å². The van der Waals surface area contributed by atoms with Gasteiger partial charge in [-0.25, -0.2) is 4.79 Å². The fraction of sp³-hybridized carbons (Fsp3) is 0.200. The molecule has 8 heteroatoms. The van der Waals surface area contributed by atoms with Gasteiger partial charge in [-0.2, -0.15) is 0 Å². The molecule has 3 rings (SSSR count). The number of carbonyl (C=O) groups is 2. The summed E-state index contributed by atoms with van der Waals surface area (Å²) in [6.45, 7) is 1.55. The Morgan fingerprint density at radius 3 is 2.68 bits per heavy atom. The lowest BCUT2D eigenvalue weighted by Crippen LogP contribution is -2.43. The van der Waals surface area contributed by atoms with E-state index < -0.39 is 22.8 Å². The SMILES string of the molecule is COC(=O)[C@@H](Cc1c[nH]c2ccccc12)NC(=O)c1cccc(C)c1[N+](=O)[O-]. The molecule has 2 aromatic carbocycles. The maximum absolute atomic E-state index is 12.7. The Labute approximate surface area is 160 Å². The summed E-state index contributed by atoms with van der Waals surface area (Å²) in [4.78, 5) is 38.8. The third kappa shape index (κ3) is 3.71. The summed E-state index contributed by atoms with van der Waals surface area (Å²) >= 11 is 0. The molecule has 0 aliphatic rings. The highest BCUT2D eigenvalue weighted by molar-refractivity contribution is 6.00. The third-order valence-corrected chi connectivity index (χ3v) is 4.55. The normalized spacial score (nSPS) is 11.8. The van der Waals surface area contributed by atoms with Gasteiger partial charge in [0, 0.05) is 29.1 Å². The molecule has 2 N–H and O–H groups in total. The zero-order valence-electron chi connectivity index (χ0n) is 15.4. The number of amides is 1. The Balaban J connectivity index is 1.90. The van der Waals surface area contributed by atoms with Crippen molar-refractivity contribution in [2.45, 2.75) is 19.4 Å². The smallest absolute Gasteiger partial charge is 0.328 e. The minimum absolute atomic E-state index is 0.0992. The molecule has 0 unspecified atom stereocenters. The molecule has 0 fully saturated rings. The van der Waals surface area contributed by atoms with Gasteiger partial charge in [0.1, 0.15) is 11.6 Å². The summed E-state index contributed by atoms with van der Waals surface area (Å²) in [7, 11) is 1.23. The van der Waals surface area contributed by atoms with Crippen molar-refractivity contribution in [2.24, 2.45) is 0 Å². The Hall–Kier alpha value is -3.68. The quantitative estimate of drug-likeness (QED) is 0.387. The lowest BCUT2D eigenvalue weighted by atomic mass is 10.0. The van der Waals surface area contributed by atoms with Crippen LogP contribution in [-0.4, -0.2) is 34.9 Å². The summed E-state index contributed by atoms with van der Waals surface area (Å²) in [6.07, 6.45) is 1.95. The van der Waals surface area contributed by atoms with E-state index in [1.54, 1.807) is 25.3 Å². The first-order chi connectivity index (χ1) is 13.4. The first-order valence-corrected chi connectivity index (χ1v) is 8.60. The highest BCUT2D eigenvalue weighted by Gasteiger charge is 2.28. The number of hydrogen-bond acceptors (Lipinski definition) is 5. The molecule has 1 atom stereocenters. The van der Waals surface area contributed by atoms with Crippen molar-refractivity contribution in [3.8, 4) is 0 Å². The van der Waals surface area contributed by atoms with E-state index in [0.29, 0.717) is 5.56 Å². The average molecular weight is 381 g/mol. The van der Waals surface area contributed by atoms with Gasteiger partial charge >= 0.3 is 5.97 Å². The number of rotatable bonds is 6. The fourth-order valence-corrected chi connectivity index (χ4v) is 3.18. The molecule has 1 amide bonds. The second kappa shape index (κ2) is 7.91. The molecule has 3 aromatic rings. The van der Waals surface area contributed by atoms with Crippen LogP contribution in [0.15, 0.2) is 48.7 Å². The van der Waals surface area contributed by atoms with E-state index in [4.69, 9.17) is 4.74 Å². The van der Waals surface area contributed by atoms with Crippen LogP contribution in [0.2, 0.25) is 0 Å². The van der Waals surface area contributed by atoms with Crippen LogP contribution < -0.4 is 5.32 Å². The summed E-state index contributed by atoms with van der Waals surface area (Å²) < 4.78 is 4.81. The second-order valence-corrected chi connectivity index (χ2v) is 6.34. The van der Waals surface area contributed by atoms with Crippen molar-refractivity contribution in [2.75, 3.05) is 7.11 Å². The summed E-state index contributed by atoms with van der Waals surface area (Å²) in [5.41, 5.74) is 1.71. The van der Waals surface area contributed by atoms with Crippen molar-refractivity contribution < 1.29 is 19.2 Å². The predicted octanol–water partition coefficient (Wildman–Crippen LogP) is 2.90. The molecule has 0 radical (unpaired) electrons. The number of nitro benzene ring substituents is 1. The Morgan fingerprint density at radius 2 is 1.96 bits per heavy atom. The minimum Gasteiger partial charge on any atom is -0.467 e. The molecule has 0 spiro atoms. The van der Waals surface area contributed by atoms with Gasteiger partial charge < -0.3 is 15.0 Å². The molecule has 144 valence electrons. The maximum atomic E-state index is 12.7. The number of aromatic nitrogens is 1. The Bertz CT molecular complexity index is 1060. The molecule has 0 saturated carbocycles. The molecular weight excluding hydrogens is 362 g/mol. The zero-order valence-corrected chi connectivity index (χ0v) is 15.4. The van der Waals surface area contributed by atoms with Crippen LogP contribution >= 0.6 is 0 Å². The number of nitrogens with zero attached hydrogens (tertiary/aromatic N) is 1. The van der Waals surface area contributed by atoms with Gasteiger partial charge in [-0.15, -0.1) is 0 Å². The van der Waals surface area contributed by atoms with E-state index in [1.165, 1.54) is 13.2 Å². The number of H-pyrrole nitrogens is 1. The number of ether oxygens (including phenoxy) is 1. The second-order valence-electron chi connectivity index (χ2n) is 6.34. The summed E-state index contributed by atoms with van der Waals surface area (Å²) in [6, 6.07) is 11.1. The standard InChI is InChI=1S/C20H19N3O5/c1-12-6-5-8-15(18(12)23(26)27)19(24)22-17(20(25)28-2)10-13-11-21-16-9-4-3-7-14(13)16/h3-9,11,17,21H,10H2,1-2H3,(H,22,24)/t17-/m1/s1. The van der Waals surface area contributed by atoms with Crippen molar-refractivity contribution in [1.29, 1.82) is 0 Å². The molecule has 8 nitrogen and oxygen atoms in total. The van der Waals surface area contributed by atoms with Gasteiger partial charge in [-0.1, -0.05) is 30.3 Å². The predicted molar refractivity (Wildman–Crippen MR) is 103 cm³/mol. The van der Waals surface area contributed by atoms with Crippen molar-refractivity contribution in [3.05, 3.63) is 75.5 Å². The van der Waals surface area contributed by atoms with Gasteiger partial charge in [0.2, 0.25) is 0 Å². The minimum atomic E-state index is -0.989. The topological polar surface area (TPSA) is 114 Å². The molecular formula is C20H19N3O5. The molecule has 0 bridgehead atoms. The molecule has 0 aliphatic heterocycles. The monoisotopic (exact) mass is 381 g/mol. The van der Waals surface area contributed by atoms with E-state index >= 15 is 0 Å². The zero-order chi connectivity index (χ0) is 20.3. The van der Waals surface area contributed by atoms with Crippen LogP contribution in [0.4, 0.5) is 5.69 Å². The maximum Gasteiger partial charge on any atom is 0.328 e. The lowest BCUT2D eigenvalue weighted by molar-refractivity contribution is -0.385. The van der Waals surface area contributed by atoms with Gasteiger partial charge in [0.25, 0.3) is 11.6 Å². The molecule has 1 aromatic heterocycles. The van der Waals surface area contributed by atoms with Crippen LogP contribution in [0.3, 0.4) is 0 Å². The van der Waals surface area contributed by atoms with E-state index in [0.717, 1.165) is 16.5 Å². The van der Waals surface area contributed by atoms with Gasteiger partial charge in [-0.05, 0) is 24.6 Å². The first kappa shape index (κ1) is 19.1. The summed E-state index contributed by atoms with van der Waals surface area (Å²) in [5, 5.41) is 14.9. The Kier molecular flexibility index (Phi) is 5.39. The Morgan fingerprint density at radius 1 is 1.21 bits per heavy atom. The van der Waals surface area contributed by atoms with Gasteiger partial charge in [0.05, 0.1) is 12.0 Å². The number of carbonyl (C=O) groups excluding carboxylic acids is 2. The number of nitro groups is 1. The largest absolute Gasteiger partial charge is 0.467 e.